The van der Waals surface area contributed by atoms with E-state index >= 15 is 0 Å². The van der Waals surface area contributed by atoms with Crippen molar-refractivity contribution in [3.05, 3.63) is 40.4 Å². The van der Waals surface area contributed by atoms with Crippen molar-refractivity contribution in [2.45, 2.75) is 26.2 Å². The van der Waals surface area contributed by atoms with Gasteiger partial charge in [-0.3, -0.25) is 0 Å². The average molecular weight is 318 g/mol. The summed E-state index contributed by atoms with van der Waals surface area (Å²) in [6.45, 7) is 6.66. The summed E-state index contributed by atoms with van der Waals surface area (Å²) < 4.78 is 1.07. The molecule has 0 unspecified atom stereocenters. The number of hydrogen-bond donors (Lipinski definition) is 0. The number of rotatable bonds is 1. The summed E-state index contributed by atoms with van der Waals surface area (Å²) in [6, 6.07) is 8.60. The number of halogens is 2. The molecule has 0 amide bonds. The fourth-order valence-electron chi connectivity index (χ4n) is 1.19. The van der Waals surface area contributed by atoms with Gasteiger partial charge >= 0.3 is 0 Å². The van der Waals surface area contributed by atoms with Gasteiger partial charge in [0.1, 0.15) is 0 Å². The first-order valence-electron chi connectivity index (χ1n) is 4.52. The summed E-state index contributed by atoms with van der Waals surface area (Å²) in [6.07, 6.45) is 0. The molecule has 0 nitrogen and oxygen atoms in total. The largest absolute Gasteiger partial charge is 0.0582 e. The first-order chi connectivity index (χ1) is 6.45. The lowest BCUT2D eigenvalue weighted by Gasteiger charge is -2.19. The number of benzene rings is 1. The van der Waals surface area contributed by atoms with Gasteiger partial charge in [0.05, 0.1) is 0 Å². The third kappa shape index (κ3) is 2.96. The topological polar surface area (TPSA) is 0 Å². The molecule has 14 heavy (non-hydrogen) atoms. The van der Waals surface area contributed by atoms with E-state index in [4.69, 9.17) is 0 Å². The van der Waals surface area contributed by atoms with Gasteiger partial charge in [0.25, 0.3) is 0 Å². The van der Waals surface area contributed by atoms with Gasteiger partial charge in [-0.25, -0.2) is 0 Å². The molecule has 0 atom stereocenters. The van der Waals surface area contributed by atoms with Gasteiger partial charge < -0.3 is 0 Å². The molecule has 2 heteroatoms. The molecule has 0 aliphatic heterocycles. The molecule has 0 bridgehead atoms. The molecule has 76 valence electrons. The fraction of sp³-hybridized carbons (Fsp3) is 0.333. The SMILES string of the molecule is CC(C)(C)c1ccc(C(Br)=CBr)cc1. The molecule has 1 aromatic carbocycles. The highest BCUT2D eigenvalue weighted by molar-refractivity contribution is 9.16. The molecule has 0 fully saturated rings. The van der Waals surface area contributed by atoms with Crippen LogP contribution in [0, 0.1) is 0 Å². The Bertz CT molecular complexity index is 328. The zero-order valence-electron chi connectivity index (χ0n) is 8.64. The molecule has 1 rings (SSSR count). The van der Waals surface area contributed by atoms with Crippen molar-refractivity contribution in [1.29, 1.82) is 0 Å². The van der Waals surface area contributed by atoms with E-state index in [-0.39, 0.29) is 5.41 Å². The van der Waals surface area contributed by atoms with Gasteiger partial charge in [0, 0.05) is 4.48 Å². The summed E-state index contributed by atoms with van der Waals surface area (Å²) in [4.78, 5) is 1.87. The van der Waals surface area contributed by atoms with Crippen LogP contribution in [0.4, 0.5) is 0 Å². The van der Waals surface area contributed by atoms with Crippen LogP contribution in [-0.4, -0.2) is 0 Å². The normalized spacial score (nSPS) is 13.1. The predicted molar refractivity (Wildman–Crippen MR) is 71.0 cm³/mol. The van der Waals surface area contributed by atoms with Gasteiger partial charge in [-0.1, -0.05) is 61.0 Å². The van der Waals surface area contributed by atoms with Crippen LogP contribution in [-0.2, 0) is 5.41 Å². The molecule has 0 aromatic heterocycles. The Morgan fingerprint density at radius 2 is 1.64 bits per heavy atom. The van der Waals surface area contributed by atoms with E-state index in [1.165, 1.54) is 11.1 Å². The molecule has 0 radical (unpaired) electrons. The van der Waals surface area contributed by atoms with Crippen molar-refractivity contribution < 1.29 is 0 Å². The predicted octanol–water partition coefficient (Wildman–Crippen LogP) is 5.07. The third-order valence-electron chi connectivity index (χ3n) is 2.12. The summed E-state index contributed by atoms with van der Waals surface area (Å²) in [7, 11) is 0. The Labute approximate surface area is 103 Å². The molecule has 0 saturated carbocycles. The maximum absolute atomic E-state index is 3.47. The fourth-order valence-corrected chi connectivity index (χ4v) is 1.72. The van der Waals surface area contributed by atoms with E-state index in [1.54, 1.807) is 0 Å². The highest BCUT2D eigenvalue weighted by atomic mass is 79.9. The molecular weight excluding hydrogens is 304 g/mol. The molecule has 0 saturated heterocycles. The van der Waals surface area contributed by atoms with Crippen molar-refractivity contribution in [3.8, 4) is 0 Å². The summed E-state index contributed by atoms with van der Waals surface area (Å²) >= 11 is 6.77. The Morgan fingerprint density at radius 3 is 2.00 bits per heavy atom. The van der Waals surface area contributed by atoms with Crippen molar-refractivity contribution in [2.24, 2.45) is 0 Å². The monoisotopic (exact) mass is 316 g/mol. The highest BCUT2D eigenvalue weighted by Crippen LogP contribution is 2.26. The Hall–Kier alpha value is -0.0800. The maximum Gasteiger partial charge on any atom is 0.0316 e. The van der Waals surface area contributed by atoms with Crippen LogP contribution < -0.4 is 0 Å². The van der Waals surface area contributed by atoms with E-state index in [2.05, 4.69) is 76.9 Å². The molecule has 1 aromatic rings. The Kier molecular flexibility index (Phi) is 3.96. The van der Waals surface area contributed by atoms with Gasteiger partial charge in [-0.05, 0) is 37.5 Å². The smallest absolute Gasteiger partial charge is 0.0316 e. The van der Waals surface area contributed by atoms with E-state index in [9.17, 15) is 0 Å². The molecule has 0 aliphatic carbocycles. The van der Waals surface area contributed by atoms with E-state index in [1.807, 2.05) is 4.99 Å². The van der Waals surface area contributed by atoms with Gasteiger partial charge in [0.2, 0.25) is 0 Å². The first kappa shape index (κ1) is 12.0. The minimum Gasteiger partial charge on any atom is -0.0582 e. The molecule has 0 N–H and O–H groups in total. The second kappa shape index (κ2) is 4.63. The molecule has 0 aliphatic rings. The van der Waals surface area contributed by atoms with Crippen LogP contribution >= 0.6 is 31.9 Å². The summed E-state index contributed by atoms with van der Waals surface area (Å²) in [5.41, 5.74) is 2.77. The lowest BCUT2D eigenvalue weighted by Crippen LogP contribution is -2.10. The standard InChI is InChI=1S/C12H14Br2/c1-12(2,3)10-6-4-9(5-7-10)11(14)8-13/h4-8H,1-3H3. The zero-order valence-corrected chi connectivity index (χ0v) is 11.8. The quantitative estimate of drug-likeness (QED) is 0.678. The van der Waals surface area contributed by atoms with Gasteiger partial charge in [-0.2, -0.15) is 0 Å². The van der Waals surface area contributed by atoms with Crippen molar-refractivity contribution in [2.75, 3.05) is 0 Å². The van der Waals surface area contributed by atoms with E-state index in [0.717, 1.165) is 4.48 Å². The van der Waals surface area contributed by atoms with Crippen LogP contribution in [0.2, 0.25) is 0 Å². The van der Waals surface area contributed by atoms with Crippen LogP contribution in [0.15, 0.2) is 29.3 Å². The van der Waals surface area contributed by atoms with Gasteiger partial charge in [-0.15, -0.1) is 0 Å². The van der Waals surface area contributed by atoms with Crippen LogP contribution in [0.5, 0.6) is 0 Å². The maximum atomic E-state index is 3.47. The minimum atomic E-state index is 0.225. The van der Waals surface area contributed by atoms with E-state index in [0.29, 0.717) is 0 Å². The van der Waals surface area contributed by atoms with Crippen molar-refractivity contribution >= 4 is 36.3 Å². The second-order valence-electron chi connectivity index (χ2n) is 4.28. The zero-order chi connectivity index (χ0) is 10.8. The second-order valence-corrected chi connectivity index (χ2v) is 5.60. The minimum absolute atomic E-state index is 0.225. The lowest BCUT2D eigenvalue weighted by molar-refractivity contribution is 0.590. The molecular formula is C12H14Br2. The highest BCUT2D eigenvalue weighted by Gasteiger charge is 2.12. The van der Waals surface area contributed by atoms with Crippen LogP contribution in [0.3, 0.4) is 0 Å². The van der Waals surface area contributed by atoms with Crippen LogP contribution in [0.25, 0.3) is 4.48 Å². The summed E-state index contributed by atoms with van der Waals surface area (Å²) in [5, 5.41) is 0. The Balaban J connectivity index is 3.01. The Morgan fingerprint density at radius 1 is 1.14 bits per heavy atom. The average Bonchev–Trinajstić information content (AvgIpc) is 2.15. The molecule has 0 spiro atoms. The van der Waals surface area contributed by atoms with Crippen molar-refractivity contribution in [1.82, 2.24) is 0 Å². The van der Waals surface area contributed by atoms with Crippen LogP contribution in [0.1, 0.15) is 31.9 Å². The third-order valence-corrected chi connectivity index (χ3v) is 3.88. The first-order valence-corrected chi connectivity index (χ1v) is 6.23. The molecule has 0 heterocycles. The number of hydrogen-bond acceptors (Lipinski definition) is 0. The lowest BCUT2D eigenvalue weighted by atomic mass is 9.87. The van der Waals surface area contributed by atoms with Gasteiger partial charge in [0.15, 0.2) is 0 Å². The van der Waals surface area contributed by atoms with E-state index < -0.39 is 0 Å². The summed E-state index contributed by atoms with van der Waals surface area (Å²) in [5.74, 6) is 0. The van der Waals surface area contributed by atoms with Crippen molar-refractivity contribution in [3.63, 3.8) is 0 Å².